The highest BCUT2D eigenvalue weighted by molar-refractivity contribution is 7.15. The van der Waals surface area contributed by atoms with E-state index in [9.17, 15) is 0 Å². The molecule has 1 aromatic heterocycles. The third kappa shape index (κ3) is 1.46. The van der Waals surface area contributed by atoms with Crippen LogP contribution in [0.4, 0.5) is 5.13 Å². The summed E-state index contributed by atoms with van der Waals surface area (Å²) in [6, 6.07) is 0. The normalized spacial score (nSPS) is 9.90. The zero-order valence-corrected chi connectivity index (χ0v) is 7.17. The van der Waals surface area contributed by atoms with Crippen LogP contribution in [-0.4, -0.2) is 12.0 Å². The summed E-state index contributed by atoms with van der Waals surface area (Å²) in [4.78, 5) is 5.51. The summed E-state index contributed by atoms with van der Waals surface area (Å²) in [5.74, 6) is 0. The van der Waals surface area contributed by atoms with Gasteiger partial charge < -0.3 is 0 Å². The van der Waals surface area contributed by atoms with Crippen LogP contribution < -0.4 is 10.9 Å². The van der Waals surface area contributed by atoms with Gasteiger partial charge in [0.2, 0.25) is 0 Å². The fourth-order valence-corrected chi connectivity index (χ4v) is 1.45. The molecule has 0 aromatic carbocycles. The second-order valence-electron chi connectivity index (χ2n) is 2.04. The van der Waals surface area contributed by atoms with E-state index in [0.29, 0.717) is 0 Å². The first-order valence-corrected chi connectivity index (χ1v) is 3.92. The van der Waals surface area contributed by atoms with E-state index in [2.05, 4.69) is 22.8 Å². The average Bonchev–Trinajstić information content (AvgIpc) is 2.14. The van der Waals surface area contributed by atoms with E-state index in [4.69, 9.17) is 0 Å². The van der Waals surface area contributed by atoms with Crippen LogP contribution in [0, 0.1) is 13.8 Å². The number of nitrogens with zero attached hydrogens (tertiary/aromatic N) is 1. The highest BCUT2D eigenvalue weighted by Crippen LogP contribution is 2.19. The van der Waals surface area contributed by atoms with Crippen LogP contribution in [0.15, 0.2) is 0 Å². The minimum atomic E-state index is 0.928. The minimum absolute atomic E-state index is 0.928. The molecule has 0 saturated carbocycles. The molecule has 0 spiro atoms. The molecule has 0 unspecified atom stereocenters. The topological polar surface area (TPSA) is 37.0 Å². The molecule has 1 rings (SSSR count). The third-order valence-electron chi connectivity index (χ3n) is 1.26. The largest absolute Gasteiger partial charge is 0.297 e. The fourth-order valence-electron chi connectivity index (χ4n) is 0.633. The summed E-state index contributed by atoms with van der Waals surface area (Å²) in [5.41, 5.74) is 6.85. The van der Waals surface area contributed by atoms with Gasteiger partial charge in [0.1, 0.15) is 0 Å². The molecule has 56 valence electrons. The van der Waals surface area contributed by atoms with Crippen LogP contribution in [0.5, 0.6) is 0 Å². The van der Waals surface area contributed by atoms with Crippen LogP contribution in [0.3, 0.4) is 0 Å². The molecule has 10 heavy (non-hydrogen) atoms. The maximum absolute atomic E-state index is 4.24. The standard InChI is InChI=1S/C6H11N3S/c1-4-5(2)10-6(8-4)9-7-3/h7H,1-3H3,(H,8,9). The van der Waals surface area contributed by atoms with Crippen molar-refractivity contribution >= 4 is 16.5 Å². The number of anilines is 1. The Kier molecular flexibility index (Phi) is 2.24. The van der Waals surface area contributed by atoms with Gasteiger partial charge in [-0.25, -0.2) is 10.4 Å². The van der Waals surface area contributed by atoms with Crippen molar-refractivity contribution < 1.29 is 0 Å². The number of hydrazine groups is 1. The number of thiazole rings is 1. The van der Waals surface area contributed by atoms with Gasteiger partial charge in [-0.05, 0) is 13.8 Å². The summed E-state index contributed by atoms with van der Waals surface area (Å²) in [6.07, 6.45) is 0. The van der Waals surface area contributed by atoms with Crippen molar-refractivity contribution in [3.63, 3.8) is 0 Å². The third-order valence-corrected chi connectivity index (χ3v) is 2.25. The summed E-state index contributed by atoms with van der Waals surface area (Å²) >= 11 is 1.65. The van der Waals surface area contributed by atoms with Gasteiger partial charge in [0, 0.05) is 11.9 Å². The van der Waals surface area contributed by atoms with Crippen LogP contribution in [-0.2, 0) is 0 Å². The fraction of sp³-hybridized carbons (Fsp3) is 0.500. The van der Waals surface area contributed by atoms with Gasteiger partial charge in [0.05, 0.1) is 5.69 Å². The van der Waals surface area contributed by atoms with Crippen molar-refractivity contribution in [3.8, 4) is 0 Å². The van der Waals surface area contributed by atoms with Crippen LogP contribution in [0.25, 0.3) is 0 Å². The van der Waals surface area contributed by atoms with E-state index < -0.39 is 0 Å². The minimum Gasteiger partial charge on any atom is -0.297 e. The summed E-state index contributed by atoms with van der Waals surface area (Å²) < 4.78 is 0. The second kappa shape index (κ2) is 2.98. The van der Waals surface area contributed by atoms with E-state index in [1.165, 1.54) is 4.88 Å². The molecule has 0 amide bonds. The lowest BCUT2D eigenvalue weighted by Crippen LogP contribution is -2.14. The van der Waals surface area contributed by atoms with E-state index in [1.54, 1.807) is 11.3 Å². The predicted octanol–water partition coefficient (Wildman–Crippen LogP) is 1.31. The van der Waals surface area contributed by atoms with Gasteiger partial charge in [-0.2, -0.15) is 0 Å². The Labute approximate surface area is 64.5 Å². The lowest BCUT2D eigenvalue weighted by molar-refractivity contribution is 0.974. The van der Waals surface area contributed by atoms with Crippen molar-refractivity contribution in [1.82, 2.24) is 10.4 Å². The molecule has 3 nitrogen and oxygen atoms in total. The van der Waals surface area contributed by atoms with Crippen LogP contribution in [0.1, 0.15) is 10.6 Å². The van der Waals surface area contributed by atoms with Gasteiger partial charge in [-0.1, -0.05) is 0 Å². The molecule has 0 aliphatic rings. The first-order valence-electron chi connectivity index (χ1n) is 3.11. The smallest absolute Gasteiger partial charge is 0.197 e. The van der Waals surface area contributed by atoms with Gasteiger partial charge >= 0.3 is 0 Å². The Balaban J connectivity index is 2.77. The molecule has 0 radical (unpaired) electrons. The van der Waals surface area contributed by atoms with Crippen molar-refractivity contribution in [2.24, 2.45) is 0 Å². The molecule has 0 aliphatic carbocycles. The Hall–Kier alpha value is -0.610. The maximum atomic E-state index is 4.24. The number of rotatable bonds is 2. The van der Waals surface area contributed by atoms with Crippen molar-refractivity contribution in [2.75, 3.05) is 12.5 Å². The number of hydrogen-bond acceptors (Lipinski definition) is 4. The van der Waals surface area contributed by atoms with Gasteiger partial charge in [0.15, 0.2) is 5.13 Å². The van der Waals surface area contributed by atoms with E-state index >= 15 is 0 Å². The lowest BCUT2D eigenvalue weighted by Gasteiger charge is -1.94. The van der Waals surface area contributed by atoms with Crippen molar-refractivity contribution in [3.05, 3.63) is 10.6 Å². The molecular weight excluding hydrogens is 146 g/mol. The predicted molar refractivity (Wildman–Crippen MR) is 44.3 cm³/mol. The highest BCUT2D eigenvalue weighted by atomic mass is 32.1. The first-order chi connectivity index (χ1) is 4.74. The van der Waals surface area contributed by atoms with Crippen LogP contribution in [0.2, 0.25) is 0 Å². The molecule has 0 fully saturated rings. The van der Waals surface area contributed by atoms with Gasteiger partial charge in [-0.15, -0.1) is 11.3 Å². The van der Waals surface area contributed by atoms with Crippen molar-refractivity contribution in [2.45, 2.75) is 13.8 Å². The number of aromatic nitrogens is 1. The quantitative estimate of drug-likeness (QED) is 0.635. The molecule has 0 bridgehead atoms. The summed E-state index contributed by atoms with van der Waals surface area (Å²) in [5, 5.41) is 0.928. The Bertz CT molecular complexity index is 199. The zero-order valence-electron chi connectivity index (χ0n) is 6.36. The molecule has 0 aliphatic heterocycles. The van der Waals surface area contributed by atoms with E-state index in [-0.39, 0.29) is 0 Å². The summed E-state index contributed by atoms with van der Waals surface area (Å²) in [6.45, 7) is 4.07. The SMILES string of the molecule is CNNc1nc(C)c(C)s1. The Morgan fingerprint density at radius 1 is 1.40 bits per heavy atom. The van der Waals surface area contributed by atoms with Gasteiger partial charge in [-0.3, -0.25) is 5.43 Å². The maximum Gasteiger partial charge on any atom is 0.197 e. The Morgan fingerprint density at radius 3 is 2.50 bits per heavy atom. The molecule has 2 N–H and O–H groups in total. The molecule has 1 heterocycles. The highest BCUT2D eigenvalue weighted by Gasteiger charge is 2.00. The first kappa shape index (κ1) is 7.50. The molecule has 0 atom stereocenters. The Morgan fingerprint density at radius 2 is 2.10 bits per heavy atom. The zero-order chi connectivity index (χ0) is 7.56. The average molecular weight is 157 g/mol. The van der Waals surface area contributed by atoms with Crippen LogP contribution >= 0.6 is 11.3 Å². The van der Waals surface area contributed by atoms with E-state index in [0.717, 1.165) is 10.8 Å². The molecular formula is C6H11N3S. The number of hydrogen-bond donors (Lipinski definition) is 2. The number of aryl methyl sites for hydroxylation is 2. The number of nitrogens with one attached hydrogen (secondary N) is 2. The molecule has 1 aromatic rings. The summed E-state index contributed by atoms with van der Waals surface area (Å²) in [7, 11) is 1.83. The second-order valence-corrected chi connectivity index (χ2v) is 3.24. The molecule has 0 saturated heterocycles. The monoisotopic (exact) mass is 157 g/mol. The van der Waals surface area contributed by atoms with Crippen molar-refractivity contribution in [1.29, 1.82) is 0 Å². The molecule has 4 heteroatoms. The van der Waals surface area contributed by atoms with Gasteiger partial charge in [0.25, 0.3) is 0 Å². The van der Waals surface area contributed by atoms with E-state index in [1.807, 2.05) is 14.0 Å². The lowest BCUT2D eigenvalue weighted by atomic mass is 10.4.